The number of rotatable bonds is 8. The van der Waals surface area contributed by atoms with E-state index in [0.717, 1.165) is 34.7 Å². The number of nitrogens with zero attached hydrogens (tertiary/aromatic N) is 1. The molecule has 1 atom stereocenters. The first-order valence-corrected chi connectivity index (χ1v) is 11.2. The van der Waals surface area contributed by atoms with Crippen molar-refractivity contribution in [2.75, 3.05) is 16.3 Å². The molecule has 0 radical (unpaired) electrons. The van der Waals surface area contributed by atoms with Crippen LogP contribution in [-0.2, 0) is 10.0 Å². The van der Waals surface area contributed by atoms with Gasteiger partial charge in [0.15, 0.2) is 0 Å². The van der Waals surface area contributed by atoms with Crippen molar-refractivity contribution in [3.63, 3.8) is 0 Å². The zero-order chi connectivity index (χ0) is 19.3. The van der Waals surface area contributed by atoms with Crippen molar-refractivity contribution >= 4 is 39.1 Å². The molecule has 0 spiro atoms. The Morgan fingerprint density at radius 2 is 1.81 bits per heavy atom. The molecule has 2 aromatic carbocycles. The maximum atomic E-state index is 14.4. The molecule has 0 aliphatic carbocycles. The standard InChI is InChI=1S/C18H20ClF2NO2S2/c1-13(4-3-11-25-2)22(18-12-15(20)7-10-17(18)21)26(23,24)16-8-5-14(19)6-9-16/h5-10,12-13H,3-4,11H2,1-2H3. The van der Waals surface area contributed by atoms with E-state index in [1.54, 1.807) is 18.7 Å². The van der Waals surface area contributed by atoms with Gasteiger partial charge in [-0.25, -0.2) is 17.2 Å². The Kier molecular flexibility index (Phi) is 7.32. The van der Waals surface area contributed by atoms with Gasteiger partial charge in [-0.1, -0.05) is 11.6 Å². The molecule has 2 aromatic rings. The lowest BCUT2D eigenvalue weighted by molar-refractivity contribution is 0.556. The molecule has 0 heterocycles. The molecule has 0 fully saturated rings. The molecular formula is C18H20ClF2NO2S2. The molecule has 0 aliphatic heterocycles. The predicted octanol–water partition coefficient (Wildman–Crippen LogP) is 5.35. The van der Waals surface area contributed by atoms with Gasteiger partial charge in [-0.15, -0.1) is 0 Å². The number of halogens is 3. The van der Waals surface area contributed by atoms with Crippen molar-refractivity contribution in [1.82, 2.24) is 0 Å². The van der Waals surface area contributed by atoms with E-state index in [1.165, 1.54) is 24.3 Å². The Morgan fingerprint density at radius 1 is 1.15 bits per heavy atom. The topological polar surface area (TPSA) is 37.4 Å². The number of benzene rings is 2. The average molecular weight is 420 g/mol. The zero-order valence-electron chi connectivity index (χ0n) is 14.5. The molecule has 26 heavy (non-hydrogen) atoms. The van der Waals surface area contributed by atoms with Gasteiger partial charge in [0.25, 0.3) is 10.0 Å². The fourth-order valence-corrected chi connectivity index (χ4v) is 4.89. The summed E-state index contributed by atoms with van der Waals surface area (Å²) in [6.07, 6.45) is 3.23. The molecule has 1 unspecified atom stereocenters. The summed E-state index contributed by atoms with van der Waals surface area (Å²) in [5.74, 6) is -0.639. The summed E-state index contributed by atoms with van der Waals surface area (Å²) in [7, 11) is -4.09. The van der Waals surface area contributed by atoms with Gasteiger partial charge in [-0.2, -0.15) is 11.8 Å². The fourth-order valence-electron chi connectivity index (χ4n) is 2.62. The van der Waals surface area contributed by atoms with Gasteiger partial charge in [0.05, 0.1) is 10.6 Å². The summed E-state index contributed by atoms with van der Waals surface area (Å²) < 4.78 is 55.4. The summed E-state index contributed by atoms with van der Waals surface area (Å²) in [5, 5.41) is 0.389. The summed E-state index contributed by atoms with van der Waals surface area (Å²) in [4.78, 5) is -0.0257. The summed E-state index contributed by atoms with van der Waals surface area (Å²) in [6.45, 7) is 1.69. The molecule has 0 aliphatic rings. The molecule has 3 nitrogen and oxygen atoms in total. The third-order valence-electron chi connectivity index (χ3n) is 3.89. The smallest absolute Gasteiger partial charge is 0.260 e. The van der Waals surface area contributed by atoms with Crippen LogP contribution in [-0.4, -0.2) is 26.5 Å². The van der Waals surface area contributed by atoms with E-state index in [1.807, 2.05) is 6.26 Å². The van der Waals surface area contributed by atoms with Crippen LogP contribution in [0, 0.1) is 11.6 Å². The van der Waals surface area contributed by atoms with Crippen molar-refractivity contribution < 1.29 is 17.2 Å². The zero-order valence-corrected chi connectivity index (χ0v) is 16.8. The van der Waals surface area contributed by atoms with Gasteiger partial charge in [0, 0.05) is 17.1 Å². The van der Waals surface area contributed by atoms with Crippen molar-refractivity contribution in [2.45, 2.75) is 30.7 Å². The minimum Gasteiger partial charge on any atom is -0.260 e. The van der Waals surface area contributed by atoms with E-state index in [0.29, 0.717) is 11.4 Å². The number of sulfonamides is 1. The second-order valence-electron chi connectivity index (χ2n) is 5.83. The molecule has 0 saturated heterocycles. The molecular weight excluding hydrogens is 400 g/mol. The minimum absolute atomic E-state index is 0.0257. The van der Waals surface area contributed by atoms with Gasteiger partial charge < -0.3 is 0 Å². The predicted molar refractivity (Wildman–Crippen MR) is 105 cm³/mol. The normalized spacial score (nSPS) is 12.8. The van der Waals surface area contributed by atoms with E-state index in [9.17, 15) is 17.2 Å². The molecule has 8 heteroatoms. The van der Waals surface area contributed by atoms with Crippen LogP contribution >= 0.6 is 23.4 Å². The van der Waals surface area contributed by atoms with Gasteiger partial charge in [0.2, 0.25) is 0 Å². The van der Waals surface area contributed by atoms with Gasteiger partial charge in [-0.3, -0.25) is 4.31 Å². The Hall–Kier alpha value is -1.31. The Bertz CT molecular complexity index is 845. The molecule has 0 N–H and O–H groups in total. The molecule has 0 aromatic heterocycles. The minimum atomic E-state index is -4.09. The summed E-state index contributed by atoms with van der Waals surface area (Å²) in [6, 6.07) is 7.88. The maximum absolute atomic E-state index is 14.4. The lowest BCUT2D eigenvalue weighted by Gasteiger charge is -2.31. The fraction of sp³-hybridized carbons (Fsp3) is 0.333. The molecule has 0 bridgehead atoms. The lowest BCUT2D eigenvalue weighted by Crippen LogP contribution is -2.39. The van der Waals surface area contributed by atoms with Crippen molar-refractivity contribution in [3.8, 4) is 0 Å². The Labute approximate surface area is 162 Å². The number of hydrogen-bond donors (Lipinski definition) is 0. The SMILES string of the molecule is CSCCCC(C)N(c1cc(F)ccc1F)S(=O)(=O)c1ccc(Cl)cc1. The lowest BCUT2D eigenvalue weighted by atomic mass is 10.2. The molecule has 0 saturated carbocycles. The first-order chi connectivity index (χ1) is 12.3. The van der Waals surface area contributed by atoms with Crippen LogP contribution < -0.4 is 4.31 Å². The highest BCUT2D eigenvalue weighted by Gasteiger charge is 2.31. The first kappa shape index (κ1) is 21.0. The van der Waals surface area contributed by atoms with Gasteiger partial charge in [0.1, 0.15) is 11.6 Å². The van der Waals surface area contributed by atoms with Crippen LogP contribution in [0.4, 0.5) is 14.5 Å². The monoisotopic (exact) mass is 419 g/mol. The van der Waals surface area contributed by atoms with Crippen molar-refractivity contribution in [2.24, 2.45) is 0 Å². The molecule has 142 valence electrons. The van der Waals surface area contributed by atoms with Crippen LogP contribution in [0.25, 0.3) is 0 Å². The Balaban J connectivity index is 2.52. The molecule has 0 amide bonds. The Morgan fingerprint density at radius 3 is 2.42 bits per heavy atom. The third-order valence-corrected chi connectivity index (χ3v) is 6.78. The van der Waals surface area contributed by atoms with Crippen molar-refractivity contribution in [3.05, 3.63) is 59.1 Å². The number of thioether (sulfide) groups is 1. The van der Waals surface area contributed by atoms with Crippen LogP contribution in [0.5, 0.6) is 0 Å². The van der Waals surface area contributed by atoms with Crippen LogP contribution in [0.2, 0.25) is 5.02 Å². The van der Waals surface area contributed by atoms with E-state index >= 15 is 0 Å². The highest BCUT2D eigenvalue weighted by Crippen LogP contribution is 2.31. The highest BCUT2D eigenvalue weighted by molar-refractivity contribution is 7.98. The maximum Gasteiger partial charge on any atom is 0.264 e. The van der Waals surface area contributed by atoms with E-state index in [2.05, 4.69) is 0 Å². The van der Waals surface area contributed by atoms with E-state index < -0.39 is 27.7 Å². The van der Waals surface area contributed by atoms with E-state index in [4.69, 9.17) is 11.6 Å². The van der Waals surface area contributed by atoms with Gasteiger partial charge in [-0.05, 0) is 68.2 Å². The second-order valence-corrected chi connectivity index (χ2v) is 9.07. The quantitative estimate of drug-likeness (QED) is 0.541. The summed E-state index contributed by atoms with van der Waals surface area (Å²) >= 11 is 7.48. The van der Waals surface area contributed by atoms with Crippen LogP contribution in [0.15, 0.2) is 47.4 Å². The van der Waals surface area contributed by atoms with Gasteiger partial charge >= 0.3 is 0 Å². The second kappa shape index (κ2) is 9.06. The summed E-state index contributed by atoms with van der Waals surface area (Å²) in [5.41, 5.74) is -0.295. The highest BCUT2D eigenvalue weighted by atomic mass is 35.5. The van der Waals surface area contributed by atoms with E-state index in [-0.39, 0.29) is 10.6 Å². The largest absolute Gasteiger partial charge is 0.264 e. The van der Waals surface area contributed by atoms with Crippen molar-refractivity contribution in [1.29, 1.82) is 0 Å². The number of anilines is 1. The van der Waals surface area contributed by atoms with Crippen LogP contribution in [0.1, 0.15) is 19.8 Å². The number of hydrogen-bond acceptors (Lipinski definition) is 3. The average Bonchev–Trinajstić information content (AvgIpc) is 2.58. The third kappa shape index (κ3) is 4.90. The van der Waals surface area contributed by atoms with Crippen LogP contribution in [0.3, 0.4) is 0 Å². The molecule has 2 rings (SSSR count). The first-order valence-electron chi connectivity index (χ1n) is 8.01.